The Kier molecular flexibility index (Phi) is 5.11. The molecular weight excluding hydrogens is 284 g/mol. The van der Waals surface area contributed by atoms with Crippen LogP contribution >= 0.6 is 0 Å². The van der Waals surface area contributed by atoms with Crippen LogP contribution in [0.4, 0.5) is 5.69 Å². The molecule has 2 N–H and O–H groups in total. The van der Waals surface area contributed by atoms with Gasteiger partial charge in [-0.25, -0.2) is 10.0 Å². The average molecular weight is 304 g/mol. The third-order valence-electron chi connectivity index (χ3n) is 3.14. The number of hydrogen-bond acceptors (Lipinski definition) is 5. The van der Waals surface area contributed by atoms with E-state index < -0.39 is 6.04 Å². The first-order valence-electron chi connectivity index (χ1n) is 7.06. The van der Waals surface area contributed by atoms with E-state index in [-0.39, 0.29) is 23.7 Å². The zero-order valence-electron chi connectivity index (χ0n) is 12.9. The Hall–Kier alpha value is -2.41. The second kappa shape index (κ2) is 7.04. The summed E-state index contributed by atoms with van der Waals surface area (Å²) in [5.41, 5.74) is 3.44. The highest BCUT2D eigenvalue weighted by molar-refractivity contribution is 6.39. The van der Waals surface area contributed by atoms with Gasteiger partial charge < -0.3 is 10.1 Å². The maximum atomic E-state index is 12.2. The second-order valence-corrected chi connectivity index (χ2v) is 5.10. The first-order chi connectivity index (χ1) is 10.5. The van der Waals surface area contributed by atoms with Gasteiger partial charge in [0.15, 0.2) is 0 Å². The Balaban J connectivity index is 2.15. The Morgan fingerprint density at radius 1 is 1.45 bits per heavy atom. The van der Waals surface area contributed by atoms with Crippen molar-refractivity contribution in [3.05, 3.63) is 30.3 Å². The number of benzene rings is 1. The molecule has 0 bridgehead atoms. The van der Waals surface area contributed by atoms with E-state index in [2.05, 4.69) is 15.7 Å². The van der Waals surface area contributed by atoms with Crippen molar-refractivity contribution in [2.75, 3.05) is 18.7 Å². The highest BCUT2D eigenvalue weighted by atomic mass is 16.5. The lowest BCUT2D eigenvalue weighted by Crippen LogP contribution is -2.58. The molecule has 0 saturated carbocycles. The molecule has 2 atom stereocenters. The Morgan fingerprint density at radius 3 is 2.77 bits per heavy atom. The zero-order chi connectivity index (χ0) is 16.1. The molecule has 1 heterocycles. The molecule has 0 aliphatic carbocycles. The Bertz CT molecular complexity index is 573. The number of methoxy groups -OCH3 is 1. The van der Waals surface area contributed by atoms with Gasteiger partial charge in [0.25, 0.3) is 11.8 Å². The van der Waals surface area contributed by atoms with E-state index in [1.807, 2.05) is 25.1 Å². The lowest BCUT2D eigenvalue weighted by molar-refractivity contribution is -0.120. The Labute approximate surface area is 129 Å². The summed E-state index contributed by atoms with van der Waals surface area (Å²) in [4.78, 5) is 28.6. The Morgan fingerprint density at radius 2 is 2.14 bits per heavy atom. The molecule has 2 amide bonds. The average Bonchev–Trinajstić information content (AvgIpc) is 2.50. The smallest absolute Gasteiger partial charge is 0.288 e. The van der Waals surface area contributed by atoms with Crippen LogP contribution in [0.25, 0.3) is 0 Å². The van der Waals surface area contributed by atoms with Crippen LogP contribution in [0.5, 0.6) is 0 Å². The molecule has 22 heavy (non-hydrogen) atoms. The molecule has 0 unspecified atom stereocenters. The number of ether oxygens (including phenoxy) is 1. The number of hydrazine groups is 1. The van der Waals surface area contributed by atoms with Gasteiger partial charge in [-0.15, -0.1) is 0 Å². The van der Waals surface area contributed by atoms with Gasteiger partial charge in [-0.05, 0) is 26.0 Å². The molecule has 1 aromatic carbocycles. The van der Waals surface area contributed by atoms with Crippen LogP contribution in [0.15, 0.2) is 35.3 Å². The number of amides is 2. The SMILES string of the molecule is COC[C@H](C)NC(=O)C1=N[C@H](C)C(=O)N(c2ccccc2)N1. The maximum absolute atomic E-state index is 12.2. The van der Waals surface area contributed by atoms with Crippen LogP contribution in [0, 0.1) is 0 Å². The van der Waals surface area contributed by atoms with Crippen LogP contribution in [0.3, 0.4) is 0 Å². The topological polar surface area (TPSA) is 83.0 Å². The maximum Gasteiger partial charge on any atom is 0.288 e. The van der Waals surface area contributed by atoms with Crippen molar-refractivity contribution >= 4 is 23.3 Å². The summed E-state index contributed by atoms with van der Waals surface area (Å²) < 4.78 is 4.98. The van der Waals surface area contributed by atoms with E-state index >= 15 is 0 Å². The molecule has 1 aromatic rings. The number of aliphatic imine (C=N–C) groups is 1. The molecule has 0 saturated heterocycles. The van der Waals surface area contributed by atoms with Crippen LogP contribution in [0.2, 0.25) is 0 Å². The van der Waals surface area contributed by atoms with Gasteiger partial charge >= 0.3 is 0 Å². The predicted octanol–water partition coefficient (Wildman–Crippen LogP) is 0.476. The van der Waals surface area contributed by atoms with Crippen molar-refractivity contribution in [2.45, 2.75) is 25.9 Å². The van der Waals surface area contributed by atoms with Crippen LogP contribution in [-0.2, 0) is 14.3 Å². The number of rotatable bonds is 5. The highest BCUT2D eigenvalue weighted by Gasteiger charge is 2.30. The molecule has 118 valence electrons. The van der Waals surface area contributed by atoms with Crippen LogP contribution in [0.1, 0.15) is 13.8 Å². The zero-order valence-corrected chi connectivity index (χ0v) is 12.9. The second-order valence-electron chi connectivity index (χ2n) is 5.10. The number of nitrogens with one attached hydrogen (secondary N) is 2. The van der Waals surface area contributed by atoms with Gasteiger partial charge in [-0.1, -0.05) is 18.2 Å². The van der Waals surface area contributed by atoms with Gasteiger partial charge in [0.1, 0.15) is 6.04 Å². The van der Waals surface area contributed by atoms with Gasteiger partial charge in [0.05, 0.1) is 12.3 Å². The van der Waals surface area contributed by atoms with E-state index in [4.69, 9.17) is 4.74 Å². The minimum absolute atomic E-state index is 0.110. The third-order valence-corrected chi connectivity index (χ3v) is 3.14. The minimum atomic E-state index is -0.625. The molecule has 2 rings (SSSR count). The van der Waals surface area contributed by atoms with Gasteiger partial charge in [0, 0.05) is 13.2 Å². The fraction of sp³-hybridized carbons (Fsp3) is 0.400. The molecule has 0 spiro atoms. The number of anilines is 1. The fourth-order valence-electron chi connectivity index (χ4n) is 2.09. The quantitative estimate of drug-likeness (QED) is 0.828. The summed E-state index contributed by atoms with van der Waals surface area (Å²) in [5, 5.41) is 4.10. The van der Waals surface area contributed by atoms with E-state index in [1.54, 1.807) is 26.2 Å². The van der Waals surface area contributed by atoms with E-state index in [9.17, 15) is 9.59 Å². The summed E-state index contributed by atoms with van der Waals surface area (Å²) in [6, 6.07) is 8.29. The normalized spacial score (nSPS) is 19.2. The molecular formula is C15H20N4O3. The largest absolute Gasteiger partial charge is 0.383 e. The van der Waals surface area contributed by atoms with E-state index in [1.165, 1.54) is 5.01 Å². The summed E-state index contributed by atoms with van der Waals surface area (Å²) in [5.74, 6) is -0.476. The molecule has 1 aliphatic rings. The third kappa shape index (κ3) is 3.62. The number of carbonyl (C=O) groups is 2. The van der Waals surface area contributed by atoms with Gasteiger partial charge in [-0.2, -0.15) is 0 Å². The highest BCUT2D eigenvalue weighted by Crippen LogP contribution is 2.15. The molecule has 0 radical (unpaired) electrons. The van der Waals surface area contributed by atoms with Crippen LogP contribution < -0.4 is 15.8 Å². The van der Waals surface area contributed by atoms with Crippen molar-refractivity contribution in [1.29, 1.82) is 0 Å². The number of amidine groups is 1. The van der Waals surface area contributed by atoms with Gasteiger partial charge in [0.2, 0.25) is 5.84 Å². The van der Waals surface area contributed by atoms with Crippen molar-refractivity contribution < 1.29 is 14.3 Å². The summed E-state index contributed by atoms with van der Waals surface area (Å²) in [6.07, 6.45) is 0. The minimum Gasteiger partial charge on any atom is -0.383 e. The van der Waals surface area contributed by atoms with Gasteiger partial charge in [-0.3, -0.25) is 15.0 Å². The summed E-state index contributed by atoms with van der Waals surface area (Å²) >= 11 is 0. The fourth-order valence-corrected chi connectivity index (χ4v) is 2.09. The number of para-hydroxylation sites is 1. The molecule has 7 nitrogen and oxygen atoms in total. The lowest BCUT2D eigenvalue weighted by Gasteiger charge is -2.30. The van der Waals surface area contributed by atoms with Crippen molar-refractivity contribution in [3.63, 3.8) is 0 Å². The van der Waals surface area contributed by atoms with E-state index in [0.717, 1.165) is 0 Å². The van der Waals surface area contributed by atoms with Crippen molar-refractivity contribution in [1.82, 2.24) is 10.7 Å². The standard InChI is InChI=1S/C15H20N4O3/c1-10(9-22-3)16-14(20)13-17-11(2)15(21)19(18-13)12-7-5-4-6-8-12/h4-8,10-11H,9H2,1-3H3,(H,16,20)(H,17,18)/t10-,11+/m0/s1. The first kappa shape index (κ1) is 16.0. The number of nitrogens with zero attached hydrogens (tertiary/aromatic N) is 2. The summed E-state index contributed by atoms with van der Waals surface area (Å²) in [6.45, 7) is 3.88. The molecule has 1 aliphatic heterocycles. The first-order valence-corrected chi connectivity index (χ1v) is 7.06. The molecule has 0 fully saturated rings. The van der Waals surface area contributed by atoms with Crippen LogP contribution in [-0.4, -0.2) is 43.5 Å². The monoisotopic (exact) mass is 304 g/mol. The predicted molar refractivity (Wildman–Crippen MR) is 83.4 cm³/mol. The van der Waals surface area contributed by atoms with Crippen molar-refractivity contribution in [3.8, 4) is 0 Å². The number of hydrogen-bond donors (Lipinski definition) is 2. The molecule has 7 heteroatoms. The van der Waals surface area contributed by atoms with Crippen molar-refractivity contribution in [2.24, 2.45) is 4.99 Å². The summed E-state index contributed by atoms with van der Waals surface area (Å²) in [7, 11) is 1.57. The lowest BCUT2D eigenvalue weighted by atomic mass is 10.2. The number of carbonyl (C=O) groups excluding carboxylic acids is 2. The van der Waals surface area contributed by atoms with E-state index in [0.29, 0.717) is 12.3 Å². The molecule has 0 aromatic heterocycles.